The van der Waals surface area contributed by atoms with Crippen molar-refractivity contribution in [2.45, 2.75) is 32.8 Å². The standard InChI is InChI=1S/C14H19BrN2O4/c1-14(2,3)21-13(19)16-6-5-10-7-9(15)8-11(17-10)12(18)20-4/h7-8H,5-6H2,1-4H3,(H,16,19). The minimum Gasteiger partial charge on any atom is -0.464 e. The number of carbonyl (C=O) groups excluding carboxylic acids is 2. The van der Waals surface area contributed by atoms with E-state index in [4.69, 9.17) is 4.74 Å². The molecule has 0 saturated heterocycles. The van der Waals surface area contributed by atoms with E-state index in [0.717, 1.165) is 4.47 Å². The molecule has 0 unspecified atom stereocenters. The van der Waals surface area contributed by atoms with Gasteiger partial charge in [0.1, 0.15) is 11.3 Å². The largest absolute Gasteiger partial charge is 0.464 e. The molecule has 0 bridgehead atoms. The normalized spacial score (nSPS) is 10.9. The van der Waals surface area contributed by atoms with E-state index < -0.39 is 17.7 Å². The van der Waals surface area contributed by atoms with E-state index in [1.807, 2.05) is 0 Å². The van der Waals surface area contributed by atoms with Crippen LogP contribution in [0.1, 0.15) is 37.0 Å². The molecule has 1 N–H and O–H groups in total. The summed E-state index contributed by atoms with van der Waals surface area (Å²) in [6.45, 7) is 5.75. The Labute approximate surface area is 132 Å². The molecule has 7 heteroatoms. The summed E-state index contributed by atoms with van der Waals surface area (Å²) >= 11 is 3.31. The van der Waals surface area contributed by atoms with Crippen molar-refractivity contribution in [2.24, 2.45) is 0 Å². The van der Waals surface area contributed by atoms with Crippen molar-refractivity contribution in [3.8, 4) is 0 Å². The van der Waals surface area contributed by atoms with Gasteiger partial charge in [0.25, 0.3) is 0 Å². The Morgan fingerprint density at radius 1 is 1.33 bits per heavy atom. The van der Waals surface area contributed by atoms with Crippen molar-refractivity contribution in [3.05, 3.63) is 28.0 Å². The lowest BCUT2D eigenvalue weighted by Gasteiger charge is -2.19. The van der Waals surface area contributed by atoms with Crippen molar-refractivity contribution in [2.75, 3.05) is 13.7 Å². The van der Waals surface area contributed by atoms with Gasteiger partial charge in [-0.1, -0.05) is 15.9 Å². The zero-order chi connectivity index (χ0) is 16.0. The molecule has 0 aliphatic rings. The van der Waals surface area contributed by atoms with Gasteiger partial charge in [-0.25, -0.2) is 14.6 Å². The minimum atomic E-state index is -0.532. The van der Waals surface area contributed by atoms with Gasteiger partial charge in [-0.2, -0.15) is 0 Å². The second-order valence-corrected chi connectivity index (χ2v) is 6.25. The second-order valence-electron chi connectivity index (χ2n) is 5.33. The third-order valence-corrected chi connectivity index (χ3v) is 2.74. The zero-order valence-electron chi connectivity index (χ0n) is 12.5. The summed E-state index contributed by atoms with van der Waals surface area (Å²) in [5.41, 5.74) is 0.357. The number of methoxy groups -OCH3 is 1. The first-order valence-corrected chi connectivity index (χ1v) is 7.22. The molecule has 1 amide bonds. The monoisotopic (exact) mass is 358 g/mol. The third kappa shape index (κ3) is 6.57. The highest BCUT2D eigenvalue weighted by Gasteiger charge is 2.16. The lowest BCUT2D eigenvalue weighted by Crippen LogP contribution is -2.33. The van der Waals surface area contributed by atoms with Crippen LogP contribution in [0.2, 0.25) is 0 Å². The number of alkyl carbamates (subject to hydrolysis) is 1. The Morgan fingerprint density at radius 3 is 2.57 bits per heavy atom. The van der Waals surface area contributed by atoms with E-state index in [9.17, 15) is 9.59 Å². The number of rotatable bonds is 4. The third-order valence-electron chi connectivity index (χ3n) is 2.29. The molecule has 0 aliphatic heterocycles. The molecule has 0 saturated carbocycles. The number of halogens is 1. The summed E-state index contributed by atoms with van der Waals surface area (Å²) in [7, 11) is 1.30. The van der Waals surface area contributed by atoms with Gasteiger partial charge in [-0.15, -0.1) is 0 Å². The number of nitrogens with zero attached hydrogens (tertiary/aromatic N) is 1. The van der Waals surface area contributed by atoms with Crippen LogP contribution < -0.4 is 5.32 Å². The molecule has 1 rings (SSSR count). The second kappa shape index (κ2) is 7.40. The fraction of sp³-hybridized carbons (Fsp3) is 0.500. The summed E-state index contributed by atoms with van der Waals surface area (Å²) in [6, 6.07) is 3.36. The number of amides is 1. The number of esters is 1. The number of ether oxygens (including phenoxy) is 2. The van der Waals surface area contributed by atoms with Crippen LogP contribution in [0.25, 0.3) is 0 Å². The van der Waals surface area contributed by atoms with Crippen molar-refractivity contribution < 1.29 is 19.1 Å². The number of hydrogen-bond acceptors (Lipinski definition) is 5. The van der Waals surface area contributed by atoms with E-state index in [1.165, 1.54) is 7.11 Å². The maximum atomic E-state index is 11.5. The Kier molecular flexibility index (Phi) is 6.14. The molecule has 116 valence electrons. The topological polar surface area (TPSA) is 77.5 Å². The molecular weight excluding hydrogens is 340 g/mol. The molecule has 6 nitrogen and oxygen atoms in total. The van der Waals surface area contributed by atoms with E-state index in [1.54, 1.807) is 32.9 Å². The molecule has 0 aliphatic carbocycles. The summed E-state index contributed by atoms with van der Waals surface area (Å²) in [4.78, 5) is 27.1. The van der Waals surface area contributed by atoms with Crippen LogP contribution in [0.3, 0.4) is 0 Å². The first kappa shape index (κ1) is 17.4. The summed E-state index contributed by atoms with van der Waals surface area (Å²) in [5.74, 6) is -0.502. The first-order valence-electron chi connectivity index (χ1n) is 6.43. The molecular formula is C14H19BrN2O4. The Hall–Kier alpha value is -1.63. The fourth-order valence-corrected chi connectivity index (χ4v) is 1.98. The van der Waals surface area contributed by atoms with Gasteiger partial charge in [-0.05, 0) is 32.9 Å². The number of aromatic nitrogens is 1. The summed E-state index contributed by atoms with van der Waals surface area (Å²) in [5, 5.41) is 2.64. The number of nitrogens with one attached hydrogen (secondary N) is 1. The molecule has 0 aromatic carbocycles. The summed E-state index contributed by atoms with van der Waals surface area (Å²) < 4.78 is 10.5. The van der Waals surface area contributed by atoms with Crippen LogP contribution in [0.5, 0.6) is 0 Å². The van der Waals surface area contributed by atoms with Gasteiger partial charge in [0.2, 0.25) is 0 Å². The van der Waals surface area contributed by atoms with Crippen molar-refractivity contribution in [3.63, 3.8) is 0 Å². The van der Waals surface area contributed by atoms with E-state index in [0.29, 0.717) is 18.7 Å². The Morgan fingerprint density at radius 2 is 2.00 bits per heavy atom. The van der Waals surface area contributed by atoms with Gasteiger partial charge < -0.3 is 14.8 Å². The molecule has 21 heavy (non-hydrogen) atoms. The van der Waals surface area contributed by atoms with Crippen molar-refractivity contribution in [1.29, 1.82) is 0 Å². The molecule has 0 fully saturated rings. The highest BCUT2D eigenvalue weighted by atomic mass is 79.9. The molecule has 0 atom stereocenters. The molecule has 1 aromatic heterocycles. The Balaban J connectivity index is 2.58. The van der Waals surface area contributed by atoms with Gasteiger partial charge >= 0.3 is 12.1 Å². The molecule has 1 heterocycles. The Bertz CT molecular complexity index is 526. The van der Waals surface area contributed by atoms with Crippen LogP contribution >= 0.6 is 15.9 Å². The van der Waals surface area contributed by atoms with Gasteiger partial charge in [0, 0.05) is 23.1 Å². The smallest absolute Gasteiger partial charge is 0.407 e. The maximum Gasteiger partial charge on any atom is 0.407 e. The zero-order valence-corrected chi connectivity index (χ0v) is 14.1. The molecule has 0 spiro atoms. The first-order chi connectivity index (χ1) is 9.71. The lowest BCUT2D eigenvalue weighted by molar-refractivity contribution is 0.0526. The lowest BCUT2D eigenvalue weighted by atomic mass is 10.2. The van der Waals surface area contributed by atoms with Crippen molar-refractivity contribution in [1.82, 2.24) is 10.3 Å². The average Bonchev–Trinajstić information content (AvgIpc) is 2.35. The predicted molar refractivity (Wildman–Crippen MR) is 81.2 cm³/mol. The predicted octanol–water partition coefficient (Wildman–Crippen LogP) is 2.70. The van der Waals surface area contributed by atoms with E-state index in [-0.39, 0.29) is 5.69 Å². The fourth-order valence-electron chi connectivity index (χ4n) is 1.49. The van der Waals surface area contributed by atoms with Crippen LogP contribution in [0.15, 0.2) is 16.6 Å². The minimum absolute atomic E-state index is 0.221. The summed E-state index contributed by atoms with van der Waals surface area (Å²) in [6.07, 6.45) is -0.00597. The van der Waals surface area contributed by atoms with Gasteiger partial charge in [-0.3, -0.25) is 0 Å². The van der Waals surface area contributed by atoms with Crippen LogP contribution in [-0.4, -0.2) is 36.3 Å². The van der Waals surface area contributed by atoms with Gasteiger partial charge in [0.05, 0.1) is 7.11 Å². The van der Waals surface area contributed by atoms with E-state index >= 15 is 0 Å². The average molecular weight is 359 g/mol. The van der Waals surface area contributed by atoms with Crippen LogP contribution in [-0.2, 0) is 15.9 Å². The number of carbonyl (C=O) groups is 2. The quantitative estimate of drug-likeness (QED) is 0.837. The van der Waals surface area contributed by atoms with Gasteiger partial charge in [0.15, 0.2) is 0 Å². The van der Waals surface area contributed by atoms with Crippen LogP contribution in [0, 0.1) is 0 Å². The maximum absolute atomic E-state index is 11.5. The molecule has 0 radical (unpaired) electrons. The SMILES string of the molecule is COC(=O)c1cc(Br)cc(CCNC(=O)OC(C)(C)C)n1. The number of hydrogen-bond donors (Lipinski definition) is 1. The van der Waals surface area contributed by atoms with Crippen molar-refractivity contribution >= 4 is 28.0 Å². The highest BCUT2D eigenvalue weighted by Crippen LogP contribution is 2.14. The van der Waals surface area contributed by atoms with E-state index in [2.05, 4.69) is 31.0 Å². The highest BCUT2D eigenvalue weighted by molar-refractivity contribution is 9.10. The van der Waals surface area contributed by atoms with Crippen LogP contribution in [0.4, 0.5) is 4.79 Å². The number of pyridine rings is 1. The molecule has 1 aromatic rings.